The fraction of sp³-hybridized carbons (Fsp3) is 0.538. The van der Waals surface area contributed by atoms with Crippen LogP contribution in [0.2, 0.25) is 0 Å². The average Bonchev–Trinajstić information content (AvgIpc) is 2.70. The van der Waals surface area contributed by atoms with Crippen LogP contribution in [-0.2, 0) is 16.4 Å². The summed E-state index contributed by atoms with van der Waals surface area (Å²) in [7, 11) is -1.11. The van der Waals surface area contributed by atoms with E-state index in [1.165, 1.54) is 5.56 Å². The lowest BCUT2D eigenvalue weighted by Crippen LogP contribution is -2.23. The summed E-state index contributed by atoms with van der Waals surface area (Å²) in [5.74, 6) is 1.80. The van der Waals surface area contributed by atoms with Gasteiger partial charge < -0.3 is 10.1 Å². The van der Waals surface area contributed by atoms with Gasteiger partial charge in [0.2, 0.25) is 0 Å². The van der Waals surface area contributed by atoms with E-state index in [1.54, 1.807) is 7.11 Å². The van der Waals surface area contributed by atoms with Gasteiger partial charge in [-0.15, -0.1) is 0 Å². The summed E-state index contributed by atoms with van der Waals surface area (Å²) in [6, 6.07) is 7.88. The SMILES string of the molecule is COc1ccc(CNCC2CCS(=O)(=O)C2)cc1. The van der Waals surface area contributed by atoms with Gasteiger partial charge in [-0.05, 0) is 36.6 Å². The molecular formula is C13H19NO3S. The van der Waals surface area contributed by atoms with Crippen LogP contribution in [0.1, 0.15) is 12.0 Å². The van der Waals surface area contributed by atoms with Crippen molar-refractivity contribution in [3.05, 3.63) is 29.8 Å². The first kappa shape index (κ1) is 13.4. The fourth-order valence-corrected chi connectivity index (χ4v) is 4.06. The fourth-order valence-electron chi connectivity index (χ4n) is 2.20. The Bertz CT molecular complexity index is 481. The van der Waals surface area contributed by atoms with Crippen LogP contribution in [0, 0.1) is 5.92 Å². The highest BCUT2D eigenvalue weighted by atomic mass is 32.2. The molecule has 1 aromatic rings. The van der Waals surface area contributed by atoms with Crippen molar-refractivity contribution in [1.29, 1.82) is 0 Å². The first-order chi connectivity index (χ1) is 8.59. The van der Waals surface area contributed by atoms with Crippen LogP contribution in [-0.4, -0.2) is 33.6 Å². The number of benzene rings is 1. The number of hydrogen-bond donors (Lipinski definition) is 1. The summed E-state index contributed by atoms with van der Waals surface area (Å²) >= 11 is 0. The number of methoxy groups -OCH3 is 1. The molecule has 1 fully saturated rings. The first-order valence-electron chi connectivity index (χ1n) is 6.13. The third-order valence-electron chi connectivity index (χ3n) is 3.25. The highest BCUT2D eigenvalue weighted by Crippen LogP contribution is 2.17. The van der Waals surface area contributed by atoms with E-state index in [0.717, 1.165) is 25.3 Å². The molecule has 0 aliphatic carbocycles. The molecule has 1 N–H and O–H groups in total. The average molecular weight is 269 g/mol. The summed E-state index contributed by atoms with van der Waals surface area (Å²) in [6.07, 6.45) is 0.790. The van der Waals surface area contributed by atoms with E-state index in [-0.39, 0.29) is 5.92 Å². The van der Waals surface area contributed by atoms with Gasteiger partial charge in [0.25, 0.3) is 0 Å². The molecule has 0 spiro atoms. The molecule has 0 aromatic heterocycles. The molecule has 18 heavy (non-hydrogen) atoms. The van der Waals surface area contributed by atoms with Gasteiger partial charge in [-0.1, -0.05) is 12.1 Å². The maximum absolute atomic E-state index is 11.3. The van der Waals surface area contributed by atoms with Gasteiger partial charge in [0, 0.05) is 6.54 Å². The van der Waals surface area contributed by atoms with Crippen molar-refractivity contribution in [2.75, 3.05) is 25.2 Å². The smallest absolute Gasteiger partial charge is 0.150 e. The van der Waals surface area contributed by atoms with Crippen molar-refractivity contribution in [1.82, 2.24) is 5.32 Å². The van der Waals surface area contributed by atoms with E-state index >= 15 is 0 Å². The molecule has 1 unspecified atom stereocenters. The lowest BCUT2D eigenvalue weighted by atomic mass is 10.1. The third-order valence-corrected chi connectivity index (χ3v) is 5.08. The molecule has 0 saturated carbocycles. The maximum atomic E-state index is 11.3. The van der Waals surface area contributed by atoms with Gasteiger partial charge in [0.05, 0.1) is 18.6 Å². The lowest BCUT2D eigenvalue weighted by molar-refractivity contribution is 0.414. The molecule has 1 aliphatic rings. The second-order valence-corrected chi connectivity index (χ2v) is 6.98. The van der Waals surface area contributed by atoms with Crippen LogP contribution >= 0.6 is 0 Å². The Morgan fingerprint density at radius 2 is 2.06 bits per heavy atom. The number of sulfone groups is 1. The van der Waals surface area contributed by atoms with Gasteiger partial charge in [-0.25, -0.2) is 8.42 Å². The van der Waals surface area contributed by atoms with Crippen LogP contribution in [0.5, 0.6) is 5.75 Å². The normalized spacial score (nSPS) is 21.9. The molecule has 4 nitrogen and oxygen atoms in total. The van der Waals surface area contributed by atoms with E-state index in [1.807, 2.05) is 24.3 Å². The minimum Gasteiger partial charge on any atom is -0.497 e. The lowest BCUT2D eigenvalue weighted by Gasteiger charge is -2.09. The highest BCUT2D eigenvalue weighted by Gasteiger charge is 2.27. The van der Waals surface area contributed by atoms with Crippen LogP contribution in [0.4, 0.5) is 0 Å². The predicted octanol–water partition coefficient (Wildman–Crippen LogP) is 1.22. The molecule has 0 amide bonds. The minimum atomic E-state index is -2.76. The summed E-state index contributed by atoms with van der Waals surface area (Å²) in [6.45, 7) is 1.53. The molecule has 1 aromatic carbocycles. The zero-order valence-corrected chi connectivity index (χ0v) is 11.4. The van der Waals surface area contributed by atoms with Crippen LogP contribution < -0.4 is 10.1 Å². The standard InChI is InChI=1S/C13H19NO3S/c1-17-13-4-2-11(3-5-13)8-14-9-12-6-7-18(15,16)10-12/h2-5,12,14H,6-10H2,1H3. The van der Waals surface area contributed by atoms with E-state index in [2.05, 4.69) is 5.32 Å². The summed E-state index contributed by atoms with van der Waals surface area (Å²) < 4.78 is 27.7. The summed E-state index contributed by atoms with van der Waals surface area (Å²) in [5, 5.41) is 3.31. The van der Waals surface area contributed by atoms with E-state index in [0.29, 0.717) is 11.5 Å². The van der Waals surface area contributed by atoms with Gasteiger partial charge >= 0.3 is 0 Å². The van der Waals surface area contributed by atoms with Crippen molar-refractivity contribution in [3.8, 4) is 5.75 Å². The molecule has 0 radical (unpaired) electrons. The molecule has 1 atom stereocenters. The van der Waals surface area contributed by atoms with Crippen LogP contribution in [0.3, 0.4) is 0 Å². The zero-order chi connectivity index (χ0) is 13.0. The second-order valence-electron chi connectivity index (χ2n) is 4.75. The van der Waals surface area contributed by atoms with Gasteiger partial charge in [-0.2, -0.15) is 0 Å². The van der Waals surface area contributed by atoms with Gasteiger partial charge in [-0.3, -0.25) is 0 Å². The molecule has 2 rings (SSSR count). The number of hydrogen-bond acceptors (Lipinski definition) is 4. The molecule has 1 saturated heterocycles. The Balaban J connectivity index is 1.75. The Labute approximate surface area is 108 Å². The summed E-state index contributed by atoms with van der Waals surface area (Å²) in [4.78, 5) is 0. The van der Waals surface area contributed by atoms with E-state index in [9.17, 15) is 8.42 Å². The minimum absolute atomic E-state index is 0.272. The Kier molecular flexibility index (Phi) is 4.24. The quantitative estimate of drug-likeness (QED) is 0.873. The monoisotopic (exact) mass is 269 g/mol. The van der Waals surface area contributed by atoms with Crippen molar-refractivity contribution < 1.29 is 13.2 Å². The Morgan fingerprint density at radius 3 is 2.61 bits per heavy atom. The third kappa shape index (κ3) is 3.71. The molecule has 1 heterocycles. The maximum Gasteiger partial charge on any atom is 0.150 e. The van der Waals surface area contributed by atoms with Gasteiger partial charge in [0.15, 0.2) is 9.84 Å². The van der Waals surface area contributed by atoms with Crippen molar-refractivity contribution in [3.63, 3.8) is 0 Å². The van der Waals surface area contributed by atoms with Crippen molar-refractivity contribution >= 4 is 9.84 Å². The number of rotatable bonds is 5. The topological polar surface area (TPSA) is 55.4 Å². The van der Waals surface area contributed by atoms with Gasteiger partial charge in [0.1, 0.15) is 5.75 Å². The molecule has 1 aliphatic heterocycles. The largest absolute Gasteiger partial charge is 0.497 e. The second kappa shape index (κ2) is 5.71. The Hall–Kier alpha value is -1.07. The number of nitrogens with one attached hydrogen (secondary N) is 1. The summed E-state index contributed by atoms with van der Waals surface area (Å²) in [5.41, 5.74) is 1.18. The molecule has 0 bridgehead atoms. The predicted molar refractivity (Wildman–Crippen MR) is 71.5 cm³/mol. The first-order valence-corrected chi connectivity index (χ1v) is 7.95. The number of ether oxygens (including phenoxy) is 1. The van der Waals surface area contributed by atoms with Crippen molar-refractivity contribution in [2.24, 2.45) is 5.92 Å². The van der Waals surface area contributed by atoms with E-state index in [4.69, 9.17) is 4.74 Å². The zero-order valence-electron chi connectivity index (χ0n) is 10.6. The van der Waals surface area contributed by atoms with Crippen LogP contribution in [0.25, 0.3) is 0 Å². The molecule has 5 heteroatoms. The molecular weight excluding hydrogens is 250 g/mol. The van der Waals surface area contributed by atoms with Crippen molar-refractivity contribution in [2.45, 2.75) is 13.0 Å². The Morgan fingerprint density at radius 1 is 1.33 bits per heavy atom. The van der Waals surface area contributed by atoms with E-state index < -0.39 is 9.84 Å². The molecule has 100 valence electrons. The van der Waals surface area contributed by atoms with Crippen LogP contribution in [0.15, 0.2) is 24.3 Å². The highest BCUT2D eigenvalue weighted by molar-refractivity contribution is 7.91.